The van der Waals surface area contributed by atoms with Crippen molar-refractivity contribution in [3.05, 3.63) is 131 Å². The van der Waals surface area contributed by atoms with Crippen molar-refractivity contribution < 1.29 is 18.7 Å². The molecule has 0 saturated heterocycles. The molecule has 0 saturated carbocycles. The zero-order valence-electron chi connectivity index (χ0n) is 22.0. The number of hydrogen-bond donors (Lipinski definition) is 0. The first-order chi connectivity index (χ1) is 19.0. The van der Waals surface area contributed by atoms with E-state index in [1.165, 1.54) is 12.1 Å². The van der Waals surface area contributed by atoms with Crippen molar-refractivity contribution in [3.8, 4) is 5.75 Å². The van der Waals surface area contributed by atoms with E-state index in [1.54, 1.807) is 48.4 Å². The second-order valence-electron chi connectivity index (χ2n) is 9.67. The Hall–Kier alpha value is -4.52. The van der Waals surface area contributed by atoms with Crippen LogP contribution in [0.4, 0.5) is 4.39 Å². The molecule has 6 nitrogen and oxygen atoms in total. The van der Waals surface area contributed by atoms with Gasteiger partial charge in [-0.25, -0.2) is 4.39 Å². The average Bonchev–Trinajstić information content (AvgIpc) is 2.98. The van der Waals surface area contributed by atoms with Crippen LogP contribution in [0.3, 0.4) is 0 Å². The second-order valence-corrected chi connectivity index (χ2v) is 9.67. The Kier molecular flexibility index (Phi) is 7.68. The van der Waals surface area contributed by atoms with Crippen molar-refractivity contribution in [2.75, 3.05) is 20.7 Å². The van der Waals surface area contributed by atoms with Crippen molar-refractivity contribution in [2.24, 2.45) is 0 Å². The van der Waals surface area contributed by atoms with Crippen LogP contribution in [0.15, 0.2) is 97.2 Å². The number of carbonyl (C=O) groups is 2. The van der Waals surface area contributed by atoms with E-state index in [1.807, 2.05) is 60.7 Å². The van der Waals surface area contributed by atoms with Crippen LogP contribution in [-0.2, 0) is 17.8 Å². The molecular formula is C32H30FN3O3. The summed E-state index contributed by atoms with van der Waals surface area (Å²) in [6, 6.07) is 26.1. The van der Waals surface area contributed by atoms with E-state index >= 15 is 0 Å². The molecule has 5 rings (SSSR count). The van der Waals surface area contributed by atoms with Gasteiger partial charge in [0.2, 0.25) is 5.91 Å². The van der Waals surface area contributed by atoms with Crippen LogP contribution in [0, 0.1) is 5.82 Å². The summed E-state index contributed by atoms with van der Waals surface area (Å²) in [5, 5.41) is 0. The van der Waals surface area contributed by atoms with Gasteiger partial charge in [0, 0.05) is 44.0 Å². The number of hydrogen-bond acceptors (Lipinski definition) is 4. The van der Waals surface area contributed by atoms with Crippen molar-refractivity contribution in [1.29, 1.82) is 0 Å². The summed E-state index contributed by atoms with van der Waals surface area (Å²) >= 11 is 0. The molecule has 7 heteroatoms. The van der Waals surface area contributed by atoms with Gasteiger partial charge in [0.1, 0.15) is 11.6 Å². The molecule has 0 N–H and O–H groups in total. The summed E-state index contributed by atoms with van der Waals surface area (Å²) in [6.45, 7) is 0.710. The SMILES string of the molecule is COc1ccc([C@@H]2[C@@H](C(=O)N(C)CCc3ccccn3)c3ccccc3C(=O)N2Cc2ccc(F)cc2)cc1. The third kappa shape index (κ3) is 5.53. The van der Waals surface area contributed by atoms with Crippen molar-refractivity contribution in [3.63, 3.8) is 0 Å². The Bertz CT molecular complexity index is 1440. The molecule has 1 aliphatic heterocycles. The fourth-order valence-corrected chi connectivity index (χ4v) is 5.17. The minimum atomic E-state index is -0.638. The zero-order valence-corrected chi connectivity index (χ0v) is 22.0. The Labute approximate surface area is 227 Å². The Morgan fingerprint density at radius 1 is 0.974 bits per heavy atom. The van der Waals surface area contributed by atoms with Crippen LogP contribution in [0.1, 0.15) is 44.7 Å². The number of pyridine rings is 1. The van der Waals surface area contributed by atoms with E-state index in [2.05, 4.69) is 4.98 Å². The fraction of sp³-hybridized carbons (Fsp3) is 0.219. The summed E-state index contributed by atoms with van der Waals surface area (Å²) in [7, 11) is 3.39. The van der Waals surface area contributed by atoms with Crippen LogP contribution in [-0.4, -0.2) is 47.3 Å². The number of ether oxygens (including phenoxy) is 1. The molecule has 4 aromatic rings. The first-order valence-corrected chi connectivity index (χ1v) is 12.9. The molecule has 2 atom stereocenters. The van der Waals surface area contributed by atoms with Gasteiger partial charge >= 0.3 is 0 Å². The lowest BCUT2D eigenvalue weighted by molar-refractivity contribution is -0.133. The van der Waals surface area contributed by atoms with Gasteiger partial charge in [0.15, 0.2) is 0 Å². The molecule has 1 aliphatic rings. The van der Waals surface area contributed by atoms with Gasteiger partial charge in [-0.15, -0.1) is 0 Å². The summed E-state index contributed by atoms with van der Waals surface area (Å²) < 4.78 is 19.0. The maximum Gasteiger partial charge on any atom is 0.255 e. The molecule has 0 bridgehead atoms. The minimum Gasteiger partial charge on any atom is -0.497 e. The number of nitrogens with zero attached hydrogens (tertiary/aromatic N) is 3. The van der Waals surface area contributed by atoms with Crippen LogP contribution >= 0.6 is 0 Å². The molecule has 0 aliphatic carbocycles. The van der Waals surface area contributed by atoms with Crippen LogP contribution in [0.5, 0.6) is 5.75 Å². The van der Waals surface area contributed by atoms with Gasteiger partial charge in [-0.3, -0.25) is 14.6 Å². The maximum absolute atomic E-state index is 14.2. The average molecular weight is 524 g/mol. The van der Waals surface area contributed by atoms with E-state index in [9.17, 15) is 14.0 Å². The highest BCUT2D eigenvalue weighted by atomic mass is 19.1. The molecule has 0 fully saturated rings. The Morgan fingerprint density at radius 3 is 2.38 bits per heavy atom. The number of aromatic nitrogens is 1. The second kappa shape index (κ2) is 11.5. The van der Waals surface area contributed by atoms with Crippen LogP contribution < -0.4 is 4.74 Å². The lowest BCUT2D eigenvalue weighted by Crippen LogP contribution is -2.47. The molecule has 0 radical (unpaired) electrons. The minimum absolute atomic E-state index is 0.0872. The molecule has 39 heavy (non-hydrogen) atoms. The number of methoxy groups -OCH3 is 1. The number of amides is 2. The monoisotopic (exact) mass is 523 g/mol. The van der Waals surface area contributed by atoms with Gasteiger partial charge in [0.05, 0.1) is 19.1 Å². The Balaban J connectivity index is 1.56. The number of likely N-dealkylation sites (N-methyl/N-ethyl adjacent to an activating group) is 1. The normalized spacial score (nSPS) is 16.5. The van der Waals surface area contributed by atoms with E-state index < -0.39 is 12.0 Å². The predicted molar refractivity (Wildman–Crippen MR) is 147 cm³/mol. The molecule has 0 unspecified atom stereocenters. The third-order valence-electron chi connectivity index (χ3n) is 7.23. The van der Waals surface area contributed by atoms with Crippen molar-refractivity contribution in [1.82, 2.24) is 14.8 Å². The van der Waals surface area contributed by atoms with E-state index in [-0.39, 0.29) is 24.2 Å². The number of benzene rings is 3. The third-order valence-corrected chi connectivity index (χ3v) is 7.23. The van der Waals surface area contributed by atoms with E-state index in [0.717, 1.165) is 16.8 Å². The summed E-state index contributed by atoms with van der Waals surface area (Å²) in [4.78, 5) is 36.0. The first kappa shape index (κ1) is 26.1. The highest BCUT2D eigenvalue weighted by Crippen LogP contribution is 2.44. The topological polar surface area (TPSA) is 62.7 Å². The lowest BCUT2D eigenvalue weighted by Gasteiger charge is -2.43. The van der Waals surface area contributed by atoms with Gasteiger partial charge in [-0.05, 0) is 59.2 Å². The number of rotatable bonds is 8. The van der Waals surface area contributed by atoms with Crippen molar-refractivity contribution >= 4 is 11.8 Å². The van der Waals surface area contributed by atoms with E-state index in [0.29, 0.717) is 29.8 Å². The highest BCUT2D eigenvalue weighted by Gasteiger charge is 2.45. The molecule has 3 aromatic carbocycles. The summed E-state index contributed by atoms with van der Waals surface area (Å²) in [6.07, 6.45) is 2.36. The standard InChI is InChI=1S/C32H30FN3O3/c1-35(20-18-25-7-5-6-19-34-25)32(38)29-27-8-3-4-9-28(27)31(37)36(21-22-10-14-24(33)15-11-22)30(29)23-12-16-26(39-2)17-13-23/h3-17,19,29-30H,18,20-21H2,1-2H3/t29-,30+/m0/s1. The Morgan fingerprint density at radius 2 is 1.69 bits per heavy atom. The zero-order chi connectivity index (χ0) is 27.4. The number of carbonyl (C=O) groups excluding carboxylic acids is 2. The molecule has 198 valence electrons. The smallest absolute Gasteiger partial charge is 0.255 e. The maximum atomic E-state index is 14.2. The van der Waals surface area contributed by atoms with Gasteiger partial charge in [-0.1, -0.05) is 48.5 Å². The number of fused-ring (bicyclic) bond motifs is 1. The molecular weight excluding hydrogens is 493 g/mol. The summed E-state index contributed by atoms with van der Waals surface area (Å²) in [5.74, 6) is -0.557. The molecule has 0 spiro atoms. The number of halogens is 1. The van der Waals surface area contributed by atoms with E-state index in [4.69, 9.17) is 4.74 Å². The highest BCUT2D eigenvalue weighted by molar-refractivity contribution is 6.01. The molecule has 2 heterocycles. The van der Waals surface area contributed by atoms with Crippen LogP contribution in [0.2, 0.25) is 0 Å². The van der Waals surface area contributed by atoms with Crippen molar-refractivity contribution in [2.45, 2.75) is 24.9 Å². The van der Waals surface area contributed by atoms with Crippen LogP contribution in [0.25, 0.3) is 0 Å². The molecule has 1 aromatic heterocycles. The summed E-state index contributed by atoms with van der Waals surface area (Å²) in [5.41, 5.74) is 3.70. The quantitative estimate of drug-likeness (QED) is 0.310. The van der Waals surface area contributed by atoms with Gasteiger partial charge < -0.3 is 14.5 Å². The largest absolute Gasteiger partial charge is 0.497 e. The van der Waals surface area contributed by atoms with Gasteiger partial charge in [-0.2, -0.15) is 0 Å². The van der Waals surface area contributed by atoms with Gasteiger partial charge in [0.25, 0.3) is 5.91 Å². The predicted octanol–water partition coefficient (Wildman–Crippen LogP) is 5.41. The lowest BCUT2D eigenvalue weighted by atomic mass is 9.78. The first-order valence-electron chi connectivity index (χ1n) is 12.9. The fourth-order valence-electron chi connectivity index (χ4n) is 5.17. The molecule has 2 amide bonds.